The van der Waals surface area contributed by atoms with Crippen molar-refractivity contribution in [3.05, 3.63) is 64.7 Å². The van der Waals surface area contributed by atoms with Crippen LogP contribution in [0.4, 0.5) is 10.5 Å². The zero-order chi connectivity index (χ0) is 28.3. The third kappa shape index (κ3) is 6.63. The van der Waals surface area contributed by atoms with E-state index in [1.54, 1.807) is 4.90 Å². The zero-order valence-corrected chi connectivity index (χ0v) is 24.0. The number of amides is 3. The summed E-state index contributed by atoms with van der Waals surface area (Å²) in [4.78, 5) is 41.7. The summed E-state index contributed by atoms with van der Waals surface area (Å²) in [6, 6.07) is 14.0. The van der Waals surface area contributed by atoms with Gasteiger partial charge in [-0.05, 0) is 65.8 Å². The quantitative estimate of drug-likeness (QED) is 0.410. The molecule has 2 atom stereocenters. The van der Waals surface area contributed by atoms with Gasteiger partial charge in [-0.1, -0.05) is 70.0 Å². The first-order valence-corrected chi connectivity index (χ1v) is 14.2. The number of urea groups is 1. The second kappa shape index (κ2) is 11.8. The number of carboxylic acid groups (broad SMARTS) is 1. The van der Waals surface area contributed by atoms with Crippen LogP contribution in [0.3, 0.4) is 0 Å². The first-order valence-electron chi connectivity index (χ1n) is 14.2. The smallest absolute Gasteiger partial charge is 0.320 e. The molecule has 0 aromatic heterocycles. The van der Waals surface area contributed by atoms with Crippen molar-refractivity contribution in [3.8, 4) is 0 Å². The second-order valence-electron chi connectivity index (χ2n) is 12.4. The minimum atomic E-state index is -0.804. The van der Waals surface area contributed by atoms with E-state index in [0.29, 0.717) is 13.0 Å². The van der Waals surface area contributed by atoms with Crippen LogP contribution in [0.15, 0.2) is 42.5 Å². The third-order valence-corrected chi connectivity index (χ3v) is 8.64. The van der Waals surface area contributed by atoms with Gasteiger partial charge >= 0.3 is 12.0 Å². The molecule has 3 amide bonds. The fraction of sp³-hybridized carbons (Fsp3) is 0.531. The van der Waals surface area contributed by atoms with Gasteiger partial charge in [0.05, 0.1) is 11.8 Å². The van der Waals surface area contributed by atoms with E-state index in [-0.39, 0.29) is 29.2 Å². The van der Waals surface area contributed by atoms with E-state index in [1.165, 1.54) is 0 Å². The molecule has 0 radical (unpaired) electrons. The Balaban J connectivity index is 1.53. The standard InChI is InChI=1S/C32H43N3O4/c1-21-25(19-26(30(37)38)32(2,3)4)11-8-12-27(21)33-29(36)28(23-9-6-7-10-23)24-15-13-22(14-16-24)20-35-18-17-34(5)31(35)39/h8,11-16,23,26,28H,6-7,9-10,17-20H2,1-5H3,(H,33,36)(H,37,38). The van der Waals surface area contributed by atoms with Crippen LogP contribution < -0.4 is 5.32 Å². The van der Waals surface area contributed by atoms with Gasteiger partial charge in [0, 0.05) is 32.4 Å². The maximum absolute atomic E-state index is 13.8. The molecule has 1 saturated heterocycles. The Labute approximate surface area is 232 Å². The lowest BCUT2D eigenvalue weighted by atomic mass is 9.76. The number of carbonyl (C=O) groups excluding carboxylic acids is 2. The summed E-state index contributed by atoms with van der Waals surface area (Å²) in [6.07, 6.45) is 4.74. The largest absolute Gasteiger partial charge is 0.481 e. The third-order valence-electron chi connectivity index (χ3n) is 8.64. The van der Waals surface area contributed by atoms with Crippen molar-refractivity contribution in [2.24, 2.45) is 17.3 Å². The number of aliphatic carboxylic acids is 1. The van der Waals surface area contributed by atoms with Gasteiger partial charge < -0.3 is 20.2 Å². The van der Waals surface area contributed by atoms with Crippen LogP contribution >= 0.6 is 0 Å². The fourth-order valence-corrected chi connectivity index (χ4v) is 6.06. The lowest BCUT2D eigenvalue weighted by Gasteiger charge is -2.28. The maximum atomic E-state index is 13.8. The van der Waals surface area contributed by atoms with Gasteiger partial charge in [-0.3, -0.25) is 9.59 Å². The number of hydrogen-bond acceptors (Lipinski definition) is 3. The van der Waals surface area contributed by atoms with Crippen LogP contribution in [0.2, 0.25) is 0 Å². The minimum Gasteiger partial charge on any atom is -0.481 e. The molecule has 2 fully saturated rings. The highest BCUT2D eigenvalue weighted by Crippen LogP contribution is 2.39. The molecule has 7 nitrogen and oxygen atoms in total. The highest BCUT2D eigenvalue weighted by Gasteiger charge is 2.34. The van der Waals surface area contributed by atoms with Gasteiger partial charge in [-0.15, -0.1) is 0 Å². The Morgan fingerprint density at radius 1 is 1.05 bits per heavy atom. The van der Waals surface area contributed by atoms with Crippen LogP contribution in [0.25, 0.3) is 0 Å². The molecule has 1 aliphatic heterocycles. The lowest BCUT2D eigenvalue weighted by molar-refractivity contribution is -0.145. The topological polar surface area (TPSA) is 89.9 Å². The summed E-state index contributed by atoms with van der Waals surface area (Å²) in [5.41, 5.74) is 4.28. The Bertz CT molecular complexity index is 1190. The average molecular weight is 534 g/mol. The summed E-state index contributed by atoms with van der Waals surface area (Å²) < 4.78 is 0. The predicted molar refractivity (Wildman–Crippen MR) is 154 cm³/mol. The number of nitrogens with one attached hydrogen (secondary N) is 1. The molecule has 4 rings (SSSR count). The summed E-state index contributed by atoms with van der Waals surface area (Å²) in [6.45, 7) is 9.85. The molecule has 2 aliphatic rings. The summed E-state index contributed by atoms with van der Waals surface area (Å²) >= 11 is 0. The highest BCUT2D eigenvalue weighted by atomic mass is 16.4. The van der Waals surface area contributed by atoms with Gasteiger partial charge in [0.25, 0.3) is 0 Å². The molecule has 1 saturated carbocycles. The molecule has 0 bridgehead atoms. The van der Waals surface area contributed by atoms with Gasteiger partial charge in [-0.2, -0.15) is 0 Å². The monoisotopic (exact) mass is 533 g/mol. The number of carbonyl (C=O) groups is 3. The highest BCUT2D eigenvalue weighted by molar-refractivity contribution is 5.97. The van der Waals surface area contributed by atoms with E-state index in [9.17, 15) is 19.5 Å². The molecule has 2 aromatic rings. The summed E-state index contributed by atoms with van der Waals surface area (Å²) in [7, 11) is 1.82. The number of nitrogens with zero attached hydrogens (tertiary/aromatic N) is 2. The molecule has 39 heavy (non-hydrogen) atoms. The van der Waals surface area contributed by atoms with E-state index in [2.05, 4.69) is 5.32 Å². The number of rotatable bonds is 9. The van der Waals surface area contributed by atoms with Crippen molar-refractivity contribution in [2.45, 2.75) is 72.3 Å². The van der Waals surface area contributed by atoms with Crippen LogP contribution in [0, 0.1) is 24.2 Å². The van der Waals surface area contributed by atoms with E-state index in [4.69, 9.17) is 0 Å². The molecule has 1 heterocycles. The van der Waals surface area contributed by atoms with Gasteiger partial charge in [-0.25, -0.2) is 4.79 Å². The first kappa shape index (κ1) is 28.7. The molecule has 210 valence electrons. The fourth-order valence-electron chi connectivity index (χ4n) is 6.06. The number of benzene rings is 2. The van der Waals surface area contributed by atoms with Crippen LogP contribution in [0.1, 0.15) is 74.6 Å². The van der Waals surface area contributed by atoms with Crippen molar-refractivity contribution in [1.82, 2.24) is 9.80 Å². The normalized spacial score (nSPS) is 17.9. The molecule has 1 aliphatic carbocycles. The van der Waals surface area contributed by atoms with Crippen molar-refractivity contribution < 1.29 is 19.5 Å². The predicted octanol–water partition coefficient (Wildman–Crippen LogP) is 6.06. The molecule has 0 spiro atoms. The van der Waals surface area contributed by atoms with Crippen molar-refractivity contribution in [2.75, 3.05) is 25.5 Å². The van der Waals surface area contributed by atoms with Crippen LogP contribution in [0.5, 0.6) is 0 Å². The van der Waals surface area contributed by atoms with Gasteiger partial charge in [0.15, 0.2) is 0 Å². The van der Waals surface area contributed by atoms with Crippen molar-refractivity contribution in [1.29, 1.82) is 0 Å². The Hall–Kier alpha value is -3.35. The number of carboxylic acids is 1. The van der Waals surface area contributed by atoms with Crippen LogP contribution in [-0.4, -0.2) is 53.0 Å². The SMILES string of the molecule is Cc1c(CC(C(=O)O)C(C)(C)C)cccc1NC(=O)C(c1ccc(CN2CCN(C)C2=O)cc1)C1CCCC1. The van der Waals surface area contributed by atoms with E-state index >= 15 is 0 Å². The Morgan fingerprint density at radius 3 is 2.28 bits per heavy atom. The van der Waals surface area contributed by atoms with Gasteiger partial charge in [0.2, 0.25) is 5.91 Å². The molecule has 2 unspecified atom stereocenters. The molecular formula is C32H43N3O4. The summed E-state index contributed by atoms with van der Waals surface area (Å²) in [5, 5.41) is 13.0. The lowest BCUT2D eigenvalue weighted by Crippen LogP contribution is -2.30. The second-order valence-corrected chi connectivity index (χ2v) is 12.4. The molecular weight excluding hydrogens is 490 g/mol. The van der Waals surface area contributed by atoms with E-state index < -0.39 is 11.9 Å². The zero-order valence-electron chi connectivity index (χ0n) is 24.0. The maximum Gasteiger partial charge on any atom is 0.320 e. The van der Waals surface area contributed by atoms with E-state index in [0.717, 1.165) is 66.7 Å². The average Bonchev–Trinajstić information content (AvgIpc) is 3.51. The number of hydrogen-bond donors (Lipinski definition) is 2. The number of anilines is 1. The molecule has 2 aromatic carbocycles. The van der Waals surface area contributed by atoms with Crippen LogP contribution in [-0.2, 0) is 22.6 Å². The van der Waals surface area contributed by atoms with Crippen molar-refractivity contribution >= 4 is 23.6 Å². The minimum absolute atomic E-state index is 0.0168. The summed E-state index contributed by atoms with van der Waals surface area (Å²) in [5.74, 6) is -1.32. The molecule has 7 heteroatoms. The Kier molecular flexibility index (Phi) is 8.67. The van der Waals surface area contributed by atoms with Crippen molar-refractivity contribution in [3.63, 3.8) is 0 Å². The van der Waals surface area contributed by atoms with Gasteiger partial charge in [0.1, 0.15) is 0 Å². The van der Waals surface area contributed by atoms with E-state index in [1.807, 2.05) is 82.1 Å². The Morgan fingerprint density at radius 2 is 1.72 bits per heavy atom. The first-order chi connectivity index (χ1) is 18.5. The number of likely N-dealkylation sites (N-methyl/N-ethyl adjacent to an activating group) is 1. The molecule has 2 N–H and O–H groups in total.